The second-order valence-corrected chi connectivity index (χ2v) is 5.90. The van der Waals surface area contributed by atoms with E-state index in [1.807, 2.05) is 19.9 Å². The number of nitrogens with zero attached hydrogens (tertiary/aromatic N) is 1. The first-order valence-electron chi connectivity index (χ1n) is 6.93. The highest BCUT2D eigenvalue weighted by Gasteiger charge is 2.11. The monoisotopic (exact) mass is 352 g/mol. The zero-order valence-corrected chi connectivity index (χ0v) is 13.7. The van der Waals surface area contributed by atoms with Crippen LogP contribution in [0.5, 0.6) is 0 Å². The van der Waals surface area contributed by atoms with Crippen LogP contribution in [0.1, 0.15) is 31.9 Å². The summed E-state index contributed by atoms with van der Waals surface area (Å²) in [5.74, 6) is -0.258. The van der Waals surface area contributed by atoms with Crippen LogP contribution in [-0.2, 0) is 6.54 Å². The maximum Gasteiger partial charge on any atom is 0.250 e. The van der Waals surface area contributed by atoms with Gasteiger partial charge in [-0.15, -0.1) is 0 Å². The van der Waals surface area contributed by atoms with E-state index in [1.165, 1.54) is 12.1 Å². The van der Waals surface area contributed by atoms with Crippen LogP contribution in [-0.4, -0.2) is 4.57 Å². The minimum Gasteiger partial charge on any atom is -0.377 e. The van der Waals surface area contributed by atoms with Gasteiger partial charge in [0.2, 0.25) is 0 Å². The first kappa shape index (κ1) is 15.8. The van der Waals surface area contributed by atoms with E-state index in [2.05, 4.69) is 21.2 Å². The fourth-order valence-corrected chi connectivity index (χ4v) is 2.55. The number of pyridine rings is 1. The predicted octanol–water partition coefficient (Wildman–Crippen LogP) is 4.33. The van der Waals surface area contributed by atoms with Crippen molar-refractivity contribution in [3.05, 3.63) is 62.7 Å². The molecule has 1 aromatic heterocycles. The highest BCUT2D eigenvalue weighted by molar-refractivity contribution is 9.10. The minimum atomic E-state index is -0.258. The van der Waals surface area contributed by atoms with Gasteiger partial charge in [-0.1, -0.05) is 28.9 Å². The molecule has 3 nitrogen and oxygen atoms in total. The molecule has 1 atom stereocenters. The second-order valence-electron chi connectivity index (χ2n) is 4.98. The molecule has 0 spiro atoms. The Kier molecular flexibility index (Phi) is 5.17. The van der Waals surface area contributed by atoms with Crippen LogP contribution < -0.4 is 10.9 Å². The fourth-order valence-electron chi connectivity index (χ4n) is 2.21. The van der Waals surface area contributed by atoms with Crippen molar-refractivity contribution < 1.29 is 4.39 Å². The normalized spacial score (nSPS) is 12.2. The molecule has 0 amide bonds. The molecule has 0 bridgehead atoms. The maximum absolute atomic E-state index is 13.9. The Bertz CT molecular complexity index is 684. The van der Waals surface area contributed by atoms with Gasteiger partial charge in [0.15, 0.2) is 0 Å². The molecule has 1 unspecified atom stereocenters. The van der Waals surface area contributed by atoms with Crippen LogP contribution in [0.4, 0.5) is 10.1 Å². The van der Waals surface area contributed by atoms with Gasteiger partial charge < -0.3 is 9.88 Å². The van der Waals surface area contributed by atoms with Gasteiger partial charge in [-0.2, -0.15) is 0 Å². The van der Waals surface area contributed by atoms with Crippen LogP contribution in [0.3, 0.4) is 0 Å². The average molecular weight is 353 g/mol. The van der Waals surface area contributed by atoms with Crippen molar-refractivity contribution in [2.45, 2.75) is 32.9 Å². The zero-order chi connectivity index (χ0) is 15.4. The van der Waals surface area contributed by atoms with Crippen molar-refractivity contribution in [2.75, 3.05) is 5.32 Å². The molecule has 2 rings (SSSR count). The third-order valence-electron chi connectivity index (χ3n) is 3.26. The van der Waals surface area contributed by atoms with E-state index in [4.69, 9.17) is 0 Å². The summed E-state index contributed by atoms with van der Waals surface area (Å²) >= 11 is 3.25. The molecule has 112 valence electrons. The first-order valence-corrected chi connectivity index (χ1v) is 7.72. The minimum absolute atomic E-state index is 0.0233. The van der Waals surface area contributed by atoms with Gasteiger partial charge in [-0.05, 0) is 31.5 Å². The Morgan fingerprint density at radius 1 is 1.33 bits per heavy atom. The summed E-state index contributed by atoms with van der Waals surface area (Å²) in [5.41, 5.74) is 1.37. The van der Waals surface area contributed by atoms with Gasteiger partial charge in [-0.25, -0.2) is 4.39 Å². The summed E-state index contributed by atoms with van der Waals surface area (Å²) in [6, 6.07) is 8.08. The van der Waals surface area contributed by atoms with Crippen molar-refractivity contribution >= 4 is 21.6 Å². The molecule has 5 heteroatoms. The molecule has 0 aliphatic carbocycles. The fraction of sp³-hybridized carbons (Fsp3) is 0.312. The Hall–Kier alpha value is -1.62. The summed E-state index contributed by atoms with van der Waals surface area (Å²) in [7, 11) is 0. The van der Waals surface area contributed by atoms with Gasteiger partial charge in [-0.3, -0.25) is 4.79 Å². The number of halogens is 2. The van der Waals surface area contributed by atoms with E-state index in [1.54, 1.807) is 22.9 Å². The number of nitrogens with one attached hydrogen (secondary N) is 1. The molecule has 0 saturated carbocycles. The van der Waals surface area contributed by atoms with Crippen LogP contribution in [0.15, 0.2) is 45.8 Å². The van der Waals surface area contributed by atoms with Crippen LogP contribution in [0, 0.1) is 5.82 Å². The predicted molar refractivity (Wildman–Crippen MR) is 87.1 cm³/mol. The van der Waals surface area contributed by atoms with E-state index in [9.17, 15) is 9.18 Å². The third kappa shape index (κ3) is 3.94. The summed E-state index contributed by atoms with van der Waals surface area (Å²) in [6.45, 7) is 4.59. The number of aromatic nitrogens is 1. The van der Waals surface area contributed by atoms with Crippen LogP contribution in [0.2, 0.25) is 0 Å². The number of benzene rings is 1. The number of hydrogen-bond donors (Lipinski definition) is 1. The summed E-state index contributed by atoms with van der Waals surface area (Å²) in [6.07, 6.45) is 2.67. The maximum atomic E-state index is 13.9. The van der Waals surface area contributed by atoms with E-state index in [0.717, 1.165) is 12.1 Å². The number of hydrogen-bond acceptors (Lipinski definition) is 2. The zero-order valence-electron chi connectivity index (χ0n) is 12.1. The standard InChI is InChI=1S/C16H18BrFN2O/c1-3-8-20-10-13(5-7-16(20)21)19-11(2)14-6-4-12(17)9-15(14)18/h4-7,9-11,19H,3,8H2,1-2H3. The average Bonchev–Trinajstić information content (AvgIpc) is 2.42. The van der Waals surface area contributed by atoms with Crippen molar-refractivity contribution in [2.24, 2.45) is 0 Å². The van der Waals surface area contributed by atoms with Gasteiger partial charge >= 0.3 is 0 Å². The van der Waals surface area contributed by atoms with E-state index < -0.39 is 0 Å². The molecular formula is C16H18BrFN2O. The van der Waals surface area contributed by atoms with Gasteiger partial charge in [0.1, 0.15) is 5.82 Å². The molecule has 0 radical (unpaired) electrons. The lowest BCUT2D eigenvalue weighted by Crippen LogP contribution is -2.19. The quantitative estimate of drug-likeness (QED) is 0.868. The molecule has 2 aromatic rings. The molecule has 21 heavy (non-hydrogen) atoms. The van der Waals surface area contributed by atoms with E-state index in [-0.39, 0.29) is 17.4 Å². The van der Waals surface area contributed by atoms with E-state index >= 15 is 0 Å². The Labute approximate surface area is 131 Å². The molecule has 0 saturated heterocycles. The lowest BCUT2D eigenvalue weighted by Gasteiger charge is -2.17. The first-order chi connectivity index (χ1) is 10.0. The SMILES string of the molecule is CCCn1cc(NC(C)c2ccc(Br)cc2F)ccc1=O. The molecule has 0 aliphatic heterocycles. The summed E-state index contributed by atoms with van der Waals surface area (Å²) in [5, 5.41) is 3.23. The van der Waals surface area contributed by atoms with Crippen LogP contribution in [0.25, 0.3) is 0 Å². The molecule has 0 aliphatic rings. The van der Waals surface area contributed by atoms with Crippen molar-refractivity contribution in [1.29, 1.82) is 0 Å². The van der Waals surface area contributed by atoms with Gasteiger partial charge in [0.25, 0.3) is 5.56 Å². The van der Waals surface area contributed by atoms with Gasteiger partial charge in [0, 0.05) is 28.8 Å². The number of rotatable bonds is 5. The topological polar surface area (TPSA) is 34.0 Å². The van der Waals surface area contributed by atoms with Crippen molar-refractivity contribution in [3.63, 3.8) is 0 Å². The Balaban J connectivity index is 2.21. The largest absolute Gasteiger partial charge is 0.377 e. The van der Waals surface area contributed by atoms with Crippen molar-refractivity contribution in [1.82, 2.24) is 4.57 Å². The highest BCUT2D eigenvalue weighted by Crippen LogP contribution is 2.23. The van der Waals surface area contributed by atoms with Gasteiger partial charge in [0.05, 0.1) is 11.7 Å². The van der Waals surface area contributed by atoms with Crippen LogP contribution >= 0.6 is 15.9 Å². The summed E-state index contributed by atoms with van der Waals surface area (Å²) in [4.78, 5) is 11.7. The Morgan fingerprint density at radius 3 is 2.76 bits per heavy atom. The molecular weight excluding hydrogens is 335 g/mol. The molecule has 1 aromatic carbocycles. The molecule has 1 N–H and O–H groups in total. The lowest BCUT2D eigenvalue weighted by molar-refractivity contribution is 0.599. The lowest BCUT2D eigenvalue weighted by atomic mass is 10.1. The Morgan fingerprint density at radius 2 is 2.10 bits per heavy atom. The smallest absolute Gasteiger partial charge is 0.250 e. The van der Waals surface area contributed by atoms with E-state index in [0.29, 0.717) is 16.6 Å². The summed E-state index contributed by atoms with van der Waals surface area (Å²) < 4.78 is 16.3. The second kappa shape index (κ2) is 6.89. The highest BCUT2D eigenvalue weighted by atomic mass is 79.9. The number of aryl methyl sites for hydroxylation is 1. The molecule has 1 heterocycles. The van der Waals surface area contributed by atoms with Crippen molar-refractivity contribution in [3.8, 4) is 0 Å². The molecule has 0 fully saturated rings. The number of anilines is 1. The third-order valence-corrected chi connectivity index (χ3v) is 3.75.